The summed E-state index contributed by atoms with van der Waals surface area (Å²) in [6.07, 6.45) is 5.08. The molecule has 1 aromatic carbocycles. The predicted molar refractivity (Wildman–Crippen MR) is 74.3 cm³/mol. The second-order valence-corrected chi connectivity index (χ2v) is 4.56. The first-order chi connectivity index (χ1) is 8.54. The molecular formula is C14H17ClN2O. The van der Waals surface area contributed by atoms with Crippen LogP contribution in [-0.4, -0.2) is 30.9 Å². The zero-order valence-electron chi connectivity index (χ0n) is 10.6. The van der Waals surface area contributed by atoms with Crippen LogP contribution in [0.25, 0.3) is 0 Å². The first kappa shape index (κ1) is 14.6. The molecule has 96 valence electrons. The van der Waals surface area contributed by atoms with E-state index in [1.807, 2.05) is 43.1 Å². The van der Waals surface area contributed by atoms with Crippen LogP contribution in [0.1, 0.15) is 18.5 Å². The molecule has 1 aromatic rings. The van der Waals surface area contributed by atoms with Gasteiger partial charge in [0.15, 0.2) is 0 Å². The lowest BCUT2D eigenvalue weighted by Crippen LogP contribution is -2.36. The van der Waals surface area contributed by atoms with Crippen molar-refractivity contribution in [2.24, 2.45) is 0 Å². The van der Waals surface area contributed by atoms with Crippen molar-refractivity contribution in [2.45, 2.75) is 13.0 Å². The fourth-order valence-electron chi connectivity index (χ4n) is 1.56. The van der Waals surface area contributed by atoms with Gasteiger partial charge in [-0.15, -0.1) is 6.42 Å². The molecule has 1 rings (SSSR count). The van der Waals surface area contributed by atoms with E-state index in [0.29, 0.717) is 11.6 Å². The van der Waals surface area contributed by atoms with Gasteiger partial charge in [0.1, 0.15) is 0 Å². The van der Waals surface area contributed by atoms with Crippen LogP contribution < -0.4 is 5.32 Å². The van der Waals surface area contributed by atoms with Crippen molar-refractivity contribution >= 4 is 17.5 Å². The summed E-state index contributed by atoms with van der Waals surface area (Å²) >= 11 is 5.84. The second kappa shape index (κ2) is 7.05. The molecule has 0 bridgehead atoms. The molecule has 0 aliphatic heterocycles. The third-order valence-electron chi connectivity index (χ3n) is 2.79. The molecule has 1 amide bonds. The number of halogens is 1. The Balaban J connectivity index is 2.56. The van der Waals surface area contributed by atoms with Crippen LogP contribution in [-0.2, 0) is 4.79 Å². The monoisotopic (exact) mass is 264 g/mol. The smallest absolute Gasteiger partial charge is 0.234 e. The highest BCUT2D eigenvalue weighted by Gasteiger charge is 2.14. The van der Waals surface area contributed by atoms with Crippen molar-refractivity contribution in [2.75, 3.05) is 20.1 Å². The highest BCUT2D eigenvalue weighted by Crippen LogP contribution is 2.20. The van der Waals surface area contributed by atoms with Crippen molar-refractivity contribution in [1.29, 1.82) is 0 Å². The summed E-state index contributed by atoms with van der Waals surface area (Å²) in [5.41, 5.74) is 1.12. The minimum Gasteiger partial charge on any atom is -0.344 e. The lowest BCUT2D eigenvalue weighted by atomic mass is 10.1. The Labute approximate surface area is 113 Å². The number of likely N-dealkylation sites (N-methyl/N-ethyl adjacent to an activating group) is 1. The van der Waals surface area contributed by atoms with Crippen LogP contribution >= 0.6 is 11.6 Å². The van der Waals surface area contributed by atoms with Crippen molar-refractivity contribution < 1.29 is 4.79 Å². The maximum atomic E-state index is 11.5. The van der Waals surface area contributed by atoms with Gasteiger partial charge >= 0.3 is 0 Å². The average molecular weight is 265 g/mol. The van der Waals surface area contributed by atoms with Gasteiger partial charge in [-0.3, -0.25) is 9.69 Å². The molecule has 0 saturated heterocycles. The van der Waals surface area contributed by atoms with Crippen molar-refractivity contribution in [3.8, 4) is 12.3 Å². The molecule has 1 N–H and O–H groups in total. The summed E-state index contributed by atoms with van der Waals surface area (Å²) in [7, 11) is 1.90. The summed E-state index contributed by atoms with van der Waals surface area (Å²) in [5, 5.41) is 3.35. The van der Waals surface area contributed by atoms with Crippen molar-refractivity contribution in [3.63, 3.8) is 0 Å². The fraction of sp³-hybridized carbons (Fsp3) is 0.357. The molecule has 1 atom stereocenters. The maximum Gasteiger partial charge on any atom is 0.234 e. The van der Waals surface area contributed by atoms with E-state index in [4.69, 9.17) is 18.0 Å². The van der Waals surface area contributed by atoms with Gasteiger partial charge in [0, 0.05) is 11.1 Å². The van der Waals surface area contributed by atoms with E-state index in [-0.39, 0.29) is 18.5 Å². The second-order valence-electron chi connectivity index (χ2n) is 4.12. The number of rotatable bonds is 5. The predicted octanol–water partition coefficient (Wildman–Crippen LogP) is 2.08. The highest BCUT2D eigenvalue weighted by molar-refractivity contribution is 6.30. The summed E-state index contributed by atoms with van der Waals surface area (Å²) in [5.74, 6) is 2.30. The minimum atomic E-state index is -0.0729. The van der Waals surface area contributed by atoms with Crippen LogP contribution in [0.5, 0.6) is 0 Å². The molecule has 0 unspecified atom stereocenters. The van der Waals surface area contributed by atoms with E-state index in [0.717, 1.165) is 5.56 Å². The van der Waals surface area contributed by atoms with Crippen molar-refractivity contribution in [3.05, 3.63) is 34.9 Å². The Morgan fingerprint density at radius 2 is 2.11 bits per heavy atom. The maximum absolute atomic E-state index is 11.5. The molecule has 4 heteroatoms. The van der Waals surface area contributed by atoms with Crippen LogP contribution in [0.2, 0.25) is 5.02 Å². The zero-order valence-corrected chi connectivity index (χ0v) is 11.4. The van der Waals surface area contributed by atoms with Gasteiger partial charge in [-0.25, -0.2) is 0 Å². The SMILES string of the molecule is C#CCNC(=O)CN(C)[C@@H](C)c1ccc(Cl)cc1. The summed E-state index contributed by atoms with van der Waals surface area (Å²) in [4.78, 5) is 13.5. The molecule has 0 heterocycles. The molecule has 18 heavy (non-hydrogen) atoms. The highest BCUT2D eigenvalue weighted by atomic mass is 35.5. The van der Waals surface area contributed by atoms with Gasteiger partial charge < -0.3 is 5.32 Å². The number of amides is 1. The van der Waals surface area contributed by atoms with Gasteiger partial charge in [-0.05, 0) is 31.7 Å². The molecule has 0 fully saturated rings. The Morgan fingerprint density at radius 1 is 1.50 bits per heavy atom. The van der Waals surface area contributed by atoms with Crippen molar-refractivity contribution in [1.82, 2.24) is 10.2 Å². The topological polar surface area (TPSA) is 32.3 Å². The largest absolute Gasteiger partial charge is 0.344 e. The van der Waals surface area contributed by atoms with Crippen LogP contribution in [0.4, 0.5) is 0 Å². The van der Waals surface area contributed by atoms with Crippen LogP contribution in [0.15, 0.2) is 24.3 Å². The molecule has 0 aliphatic rings. The van der Waals surface area contributed by atoms with E-state index < -0.39 is 0 Å². The third-order valence-corrected chi connectivity index (χ3v) is 3.05. The van der Waals surface area contributed by atoms with Crippen LogP contribution in [0, 0.1) is 12.3 Å². The van der Waals surface area contributed by atoms with E-state index >= 15 is 0 Å². The van der Waals surface area contributed by atoms with E-state index in [1.54, 1.807) is 0 Å². The minimum absolute atomic E-state index is 0.0729. The Kier molecular flexibility index (Phi) is 5.70. The fourth-order valence-corrected chi connectivity index (χ4v) is 1.69. The zero-order chi connectivity index (χ0) is 13.5. The van der Waals surface area contributed by atoms with Gasteiger partial charge in [-0.1, -0.05) is 29.7 Å². The first-order valence-corrected chi connectivity index (χ1v) is 6.08. The summed E-state index contributed by atoms with van der Waals surface area (Å²) in [6.45, 7) is 2.62. The number of nitrogens with zero attached hydrogens (tertiary/aromatic N) is 1. The molecule has 0 saturated carbocycles. The molecule has 3 nitrogen and oxygen atoms in total. The summed E-state index contributed by atoms with van der Waals surface area (Å²) < 4.78 is 0. The van der Waals surface area contributed by atoms with Gasteiger partial charge in [0.05, 0.1) is 13.1 Å². The molecule has 0 aromatic heterocycles. The normalized spacial score (nSPS) is 11.9. The van der Waals surface area contributed by atoms with E-state index in [1.165, 1.54) is 0 Å². The quantitative estimate of drug-likeness (QED) is 0.826. The average Bonchev–Trinajstić information content (AvgIpc) is 2.36. The Morgan fingerprint density at radius 3 is 2.67 bits per heavy atom. The number of terminal acetylenes is 1. The number of carbonyl (C=O) groups excluding carboxylic acids is 1. The van der Waals surface area contributed by atoms with E-state index in [9.17, 15) is 4.79 Å². The molecule has 0 aliphatic carbocycles. The lowest BCUT2D eigenvalue weighted by molar-refractivity contribution is -0.122. The lowest BCUT2D eigenvalue weighted by Gasteiger charge is -2.24. The van der Waals surface area contributed by atoms with Gasteiger partial charge in [-0.2, -0.15) is 0 Å². The third kappa shape index (κ3) is 4.40. The number of nitrogens with one attached hydrogen (secondary N) is 1. The Hall–Kier alpha value is -1.50. The molecule has 0 spiro atoms. The number of carbonyl (C=O) groups is 1. The number of hydrogen-bond donors (Lipinski definition) is 1. The standard InChI is InChI=1S/C14H17ClN2O/c1-4-9-16-14(18)10-17(3)11(2)12-5-7-13(15)8-6-12/h1,5-8,11H,9-10H2,2-3H3,(H,16,18)/t11-/m0/s1. The van der Waals surface area contributed by atoms with Gasteiger partial charge in [0.2, 0.25) is 5.91 Å². The molecular weight excluding hydrogens is 248 g/mol. The molecule has 0 radical (unpaired) electrons. The summed E-state index contributed by atoms with van der Waals surface area (Å²) in [6, 6.07) is 7.75. The first-order valence-electron chi connectivity index (χ1n) is 5.70. The van der Waals surface area contributed by atoms with Gasteiger partial charge in [0.25, 0.3) is 0 Å². The number of hydrogen-bond acceptors (Lipinski definition) is 2. The Bertz CT molecular complexity index is 436. The number of benzene rings is 1. The van der Waals surface area contributed by atoms with E-state index in [2.05, 4.69) is 11.2 Å². The van der Waals surface area contributed by atoms with Crippen LogP contribution in [0.3, 0.4) is 0 Å².